The lowest BCUT2D eigenvalue weighted by molar-refractivity contribution is -0.0499. The molecule has 0 saturated heterocycles. The first kappa shape index (κ1) is 15.7. The monoisotopic (exact) mass is 316 g/mol. The van der Waals surface area contributed by atoms with Crippen molar-refractivity contribution in [2.24, 2.45) is 0 Å². The highest BCUT2D eigenvalue weighted by Gasteiger charge is 2.14. The van der Waals surface area contributed by atoms with Crippen LogP contribution in [0.2, 0.25) is 5.02 Å². The first-order valence-corrected chi connectivity index (χ1v) is 6.50. The number of hydrogen-bond donors (Lipinski definition) is 1. The van der Waals surface area contributed by atoms with Crippen LogP contribution in [0.3, 0.4) is 0 Å². The van der Waals surface area contributed by atoms with Crippen LogP contribution in [0.1, 0.15) is 17.2 Å². The molecule has 1 unspecified atom stereocenters. The predicted octanol–water partition coefficient (Wildman–Crippen LogP) is 4.36. The molecule has 0 heterocycles. The van der Waals surface area contributed by atoms with Gasteiger partial charge in [-0.3, -0.25) is 0 Å². The van der Waals surface area contributed by atoms with Crippen LogP contribution in [0.4, 0.5) is 13.2 Å². The van der Waals surface area contributed by atoms with Gasteiger partial charge < -0.3 is 9.84 Å². The van der Waals surface area contributed by atoms with Gasteiger partial charge in [0.2, 0.25) is 0 Å². The molecule has 21 heavy (non-hydrogen) atoms. The summed E-state index contributed by atoms with van der Waals surface area (Å²) in [5.41, 5.74) is 0.600. The van der Waals surface area contributed by atoms with Gasteiger partial charge in [-0.1, -0.05) is 23.7 Å². The molecule has 0 aliphatic carbocycles. The number of halogens is 4. The van der Waals surface area contributed by atoms with Crippen LogP contribution < -0.4 is 4.74 Å². The molecule has 0 aliphatic rings. The average Bonchev–Trinajstić information content (AvgIpc) is 2.42. The van der Waals surface area contributed by atoms with E-state index < -0.39 is 18.5 Å². The molecular weight excluding hydrogens is 305 g/mol. The van der Waals surface area contributed by atoms with Crippen molar-refractivity contribution in [3.63, 3.8) is 0 Å². The first-order valence-electron chi connectivity index (χ1n) is 6.12. The molecular formula is C15H12ClF3O2. The van der Waals surface area contributed by atoms with Crippen LogP contribution in [-0.4, -0.2) is 11.7 Å². The number of alkyl halides is 2. The Bertz CT molecular complexity index is 620. The normalized spacial score (nSPS) is 12.5. The number of aliphatic hydroxyl groups is 1. The summed E-state index contributed by atoms with van der Waals surface area (Å²) in [6.07, 6.45) is -1.08. The lowest BCUT2D eigenvalue weighted by Crippen LogP contribution is -2.06. The molecule has 2 aromatic carbocycles. The van der Waals surface area contributed by atoms with Crippen molar-refractivity contribution in [1.82, 2.24) is 0 Å². The summed E-state index contributed by atoms with van der Waals surface area (Å²) in [5, 5.41) is 10.5. The van der Waals surface area contributed by atoms with E-state index in [1.54, 1.807) is 6.07 Å². The Hall–Kier alpha value is -1.72. The first-order chi connectivity index (χ1) is 9.95. The highest BCUT2D eigenvalue weighted by Crippen LogP contribution is 2.25. The second-order valence-corrected chi connectivity index (χ2v) is 4.84. The third-order valence-electron chi connectivity index (χ3n) is 2.89. The van der Waals surface area contributed by atoms with Crippen molar-refractivity contribution >= 4 is 11.6 Å². The fourth-order valence-corrected chi connectivity index (χ4v) is 2.12. The Morgan fingerprint density at radius 2 is 1.90 bits per heavy atom. The Morgan fingerprint density at radius 1 is 1.14 bits per heavy atom. The molecule has 6 heteroatoms. The summed E-state index contributed by atoms with van der Waals surface area (Å²) in [6, 6.07) is 9.70. The van der Waals surface area contributed by atoms with E-state index in [-0.39, 0.29) is 17.7 Å². The SMILES string of the molecule is OC(Cc1cc(Cl)ccc1F)c1cccc(OC(F)F)c1. The second kappa shape index (κ2) is 6.83. The standard InChI is InChI=1S/C15H12ClF3O2/c16-11-4-5-13(17)10(6-11)8-14(20)9-2-1-3-12(7-9)21-15(18)19/h1-7,14-15,20H,8H2. The van der Waals surface area contributed by atoms with Crippen molar-refractivity contribution in [2.45, 2.75) is 19.1 Å². The third-order valence-corrected chi connectivity index (χ3v) is 3.12. The van der Waals surface area contributed by atoms with Gasteiger partial charge in [0, 0.05) is 11.4 Å². The molecule has 112 valence electrons. The Labute approximate surface area is 124 Å². The number of rotatable bonds is 5. The maximum absolute atomic E-state index is 13.6. The lowest BCUT2D eigenvalue weighted by Gasteiger charge is -2.13. The van der Waals surface area contributed by atoms with E-state index in [1.165, 1.54) is 36.4 Å². The molecule has 0 aliphatic heterocycles. The van der Waals surface area contributed by atoms with Crippen LogP contribution >= 0.6 is 11.6 Å². The minimum Gasteiger partial charge on any atom is -0.435 e. The molecule has 0 saturated carbocycles. The number of hydrogen-bond acceptors (Lipinski definition) is 2. The molecule has 1 atom stereocenters. The van der Waals surface area contributed by atoms with E-state index in [2.05, 4.69) is 4.74 Å². The summed E-state index contributed by atoms with van der Waals surface area (Å²) in [4.78, 5) is 0. The van der Waals surface area contributed by atoms with Gasteiger partial charge in [-0.15, -0.1) is 0 Å². The summed E-state index contributed by atoms with van der Waals surface area (Å²) in [7, 11) is 0. The molecule has 0 radical (unpaired) electrons. The zero-order valence-electron chi connectivity index (χ0n) is 10.8. The molecule has 1 N–H and O–H groups in total. The zero-order valence-corrected chi connectivity index (χ0v) is 11.5. The summed E-state index contributed by atoms with van der Waals surface area (Å²) < 4.78 is 42.2. The van der Waals surface area contributed by atoms with Gasteiger partial charge in [0.1, 0.15) is 11.6 Å². The third kappa shape index (κ3) is 4.37. The molecule has 0 fully saturated rings. The zero-order chi connectivity index (χ0) is 15.4. The largest absolute Gasteiger partial charge is 0.435 e. The Balaban J connectivity index is 2.16. The highest BCUT2D eigenvalue weighted by molar-refractivity contribution is 6.30. The molecule has 0 aromatic heterocycles. The van der Waals surface area contributed by atoms with E-state index in [4.69, 9.17) is 11.6 Å². The lowest BCUT2D eigenvalue weighted by atomic mass is 10.0. The van der Waals surface area contributed by atoms with Gasteiger partial charge in [0.05, 0.1) is 6.10 Å². The summed E-state index contributed by atoms with van der Waals surface area (Å²) in [5.74, 6) is -0.549. The summed E-state index contributed by atoms with van der Waals surface area (Å²) in [6.45, 7) is -2.94. The Kier molecular flexibility index (Phi) is 5.09. The summed E-state index contributed by atoms with van der Waals surface area (Å²) >= 11 is 5.78. The van der Waals surface area contributed by atoms with Crippen molar-refractivity contribution in [1.29, 1.82) is 0 Å². The van der Waals surface area contributed by atoms with Crippen molar-refractivity contribution in [3.8, 4) is 5.75 Å². The van der Waals surface area contributed by atoms with Crippen LogP contribution in [0, 0.1) is 5.82 Å². The van der Waals surface area contributed by atoms with Gasteiger partial charge in [-0.05, 0) is 41.5 Å². The maximum atomic E-state index is 13.6. The highest BCUT2D eigenvalue weighted by atomic mass is 35.5. The maximum Gasteiger partial charge on any atom is 0.387 e. The van der Waals surface area contributed by atoms with Gasteiger partial charge >= 0.3 is 6.61 Å². The number of benzene rings is 2. The minimum atomic E-state index is -2.94. The molecule has 0 spiro atoms. The van der Waals surface area contributed by atoms with Crippen molar-refractivity contribution in [3.05, 3.63) is 64.4 Å². The molecule has 2 rings (SSSR count). The number of ether oxygens (including phenoxy) is 1. The minimum absolute atomic E-state index is 0.0233. The van der Waals surface area contributed by atoms with Crippen LogP contribution in [0.25, 0.3) is 0 Å². The molecule has 0 bridgehead atoms. The van der Waals surface area contributed by atoms with E-state index in [0.717, 1.165) is 0 Å². The Morgan fingerprint density at radius 3 is 2.62 bits per heavy atom. The van der Waals surface area contributed by atoms with Crippen LogP contribution in [0.5, 0.6) is 5.75 Å². The van der Waals surface area contributed by atoms with Gasteiger partial charge in [-0.25, -0.2) is 4.39 Å². The second-order valence-electron chi connectivity index (χ2n) is 4.41. The van der Waals surface area contributed by atoms with E-state index in [0.29, 0.717) is 10.6 Å². The van der Waals surface area contributed by atoms with E-state index in [1.807, 2.05) is 0 Å². The van der Waals surface area contributed by atoms with Crippen LogP contribution in [-0.2, 0) is 6.42 Å². The van der Waals surface area contributed by atoms with Gasteiger partial charge in [0.15, 0.2) is 0 Å². The fraction of sp³-hybridized carbons (Fsp3) is 0.200. The predicted molar refractivity (Wildman–Crippen MR) is 73.1 cm³/mol. The average molecular weight is 317 g/mol. The van der Waals surface area contributed by atoms with Crippen molar-refractivity contribution in [2.75, 3.05) is 0 Å². The molecule has 0 amide bonds. The number of aliphatic hydroxyl groups excluding tert-OH is 1. The topological polar surface area (TPSA) is 29.5 Å². The molecule has 2 aromatic rings. The van der Waals surface area contributed by atoms with Crippen molar-refractivity contribution < 1.29 is 23.0 Å². The van der Waals surface area contributed by atoms with Gasteiger partial charge in [0.25, 0.3) is 0 Å². The quantitative estimate of drug-likeness (QED) is 0.888. The molecule has 2 nitrogen and oxygen atoms in total. The van der Waals surface area contributed by atoms with Gasteiger partial charge in [-0.2, -0.15) is 8.78 Å². The van der Waals surface area contributed by atoms with E-state index in [9.17, 15) is 18.3 Å². The smallest absolute Gasteiger partial charge is 0.387 e. The van der Waals surface area contributed by atoms with E-state index >= 15 is 0 Å². The fourth-order valence-electron chi connectivity index (χ4n) is 1.92. The van der Waals surface area contributed by atoms with Crippen LogP contribution in [0.15, 0.2) is 42.5 Å².